The van der Waals surface area contributed by atoms with Gasteiger partial charge in [0, 0.05) is 5.57 Å². The molecular formula is C20H32O3. The molecule has 0 aliphatic heterocycles. The Kier molecular flexibility index (Phi) is 5.72. The molecule has 0 unspecified atom stereocenters. The van der Waals surface area contributed by atoms with Gasteiger partial charge in [-0.3, -0.25) is 0 Å². The molecule has 0 aromatic carbocycles. The standard InChI is InChI=1S/C20H32O3/c1-13(6-5-7-15(3)19(22)23)17-9-8-16(4)20(17)11-10-14(2)18(21)12-20/h7,10,13,16-18,21H,5-6,8-9,11-12H2,1-4H3,(H,22,23)/b15-7+/t13-,16-,17+,18-,20-/m0/s1. The topological polar surface area (TPSA) is 57.5 Å². The summed E-state index contributed by atoms with van der Waals surface area (Å²) in [6, 6.07) is 0. The van der Waals surface area contributed by atoms with Crippen LogP contribution in [-0.4, -0.2) is 22.3 Å². The maximum Gasteiger partial charge on any atom is 0.330 e. The number of allylic oxidation sites excluding steroid dienone is 2. The molecule has 2 rings (SSSR count). The molecule has 130 valence electrons. The van der Waals surface area contributed by atoms with Crippen molar-refractivity contribution in [1.29, 1.82) is 0 Å². The molecular weight excluding hydrogens is 288 g/mol. The molecule has 0 saturated heterocycles. The second-order valence-corrected chi connectivity index (χ2v) is 7.94. The summed E-state index contributed by atoms with van der Waals surface area (Å²) in [4.78, 5) is 10.9. The Morgan fingerprint density at radius 3 is 2.78 bits per heavy atom. The van der Waals surface area contributed by atoms with Crippen LogP contribution in [0.1, 0.15) is 66.2 Å². The summed E-state index contributed by atoms with van der Waals surface area (Å²) in [7, 11) is 0. The normalized spacial score (nSPS) is 36.1. The highest BCUT2D eigenvalue weighted by atomic mass is 16.4. The Morgan fingerprint density at radius 2 is 2.17 bits per heavy atom. The van der Waals surface area contributed by atoms with E-state index in [2.05, 4.69) is 19.9 Å². The summed E-state index contributed by atoms with van der Waals surface area (Å²) in [5, 5.41) is 19.3. The van der Waals surface area contributed by atoms with Crippen LogP contribution in [0.2, 0.25) is 0 Å². The molecule has 5 atom stereocenters. The Bertz CT molecular complexity index is 505. The van der Waals surface area contributed by atoms with Gasteiger partial charge in [0.15, 0.2) is 0 Å². The van der Waals surface area contributed by atoms with Gasteiger partial charge in [-0.05, 0) is 81.1 Å². The van der Waals surface area contributed by atoms with Gasteiger partial charge in [-0.2, -0.15) is 0 Å². The quantitative estimate of drug-likeness (QED) is 0.576. The van der Waals surface area contributed by atoms with Crippen molar-refractivity contribution in [3.05, 3.63) is 23.3 Å². The number of aliphatic hydroxyl groups is 1. The highest BCUT2D eigenvalue weighted by Gasteiger charge is 2.50. The first kappa shape index (κ1) is 18.3. The molecule has 3 nitrogen and oxygen atoms in total. The number of aliphatic carboxylic acids is 1. The smallest absolute Gasteiger partial charge is 0.330 e. The van der Waals surface area contributed by atoms with Crippen molar-refractivity contribution in [2.24, 2.45) is 23.2 Å². The fourth-order valence-corrected chi connectivity index (χ4v) is 4.87. The highest BCUT2D eigenvalue weighted by molar-refractivity contribution is 5.85. The van der Waals surface area contributed by atoms with Crippen LogP contribution in [0.15, 0.2) is 23.3 Å². The molecule has 1 saturated carbocycles. The third kappa shape index (κ3) is 3.71. The fraction of sp³-hybridized carbons (Fsp3) is 0.750. The second-order valence-electron chi connectivity index (χ2n) is 7.94. The molecule has 3 heteroatoms. The van der Waals surface area contributed by atoms with Crippen molar-refractivity contribution in [2.45, 2.75) is 72.3 Å². The monoisotopic (exact) mass is 320 g/mol. The summed E-state index contributed by atoms with van der Waals surface area (Å²) in [5.74, 6) is 1.04. The minimum atomic E-state index is -0.820. The van der Waals surface area contributed by atoms with Gasteiger partial charge in [-0.25, -0.2) is 4.79 Å². The first-order valence-corrected chi connectivity index (χ1v) is 9.02. The number of aliphatic hydroxyl groups excluding tert-OH is 1. The van der Waals surface area contributed by atoms with E-state index in [0.717, 1.165) is 31.3 Å². The van der Waals surface area contributed by atoms with E-state index in [-0.39, 0.29) is 11.5 Å². The molecule has 0 amide bonds. The zero-order chi connectivity index (χ0) is 17.2. The summed E-state index contributed by atoms with van der Waals surface area (Å²) in [6.07, 6.45) is 10.2. The van der Waals surface area contributed by atoms with Gasteiger partial charge < -0.3 is 10.2 Å². The third-order valence-corrected chi connectivity index (χ3v) is 6.63. The number of hydrogen-bond acceptors (Lipinski definition) is 2. The number of carboxylic acids is 1. The van der Waals surface area contributed by atoms with Crippen LogP contribution in [-0.2, 0) is 4.79 Å². The summed E-state index contributed by atoms with van der Waals surface area (Å²) < 4.78 is 0. The maximum absolute atomic E-state index is 10.9. The van der Waals surface area contributed by atoms with Gasteiger partial charge in [0.25, 0.3) is 0 Å². The third-order valence-electron chi connectivity index (χ3n) is 6.63. The van der Waals surface area contributed by atoms with Crippen LogP contribution in [0.4, 0.5) is 0 Å². The van der Waals surface area contributed by atoms with Crippen molar-refractivity contribution >= 4 is 5.97 Å². The SMILES string of the molecule is CC1=CC[C@@]2(C[C@@H]1O)[C@@H]([C@@H](C)CC/C=C(\C)C(=O)O)CC[C@@H]2C. The Hall–Kier alpha value is -1.09. The lowest BCUT2D eigenvalue weighted by Crippen LogP contribution is -2.40. The van der Waals surface area contributed by atoms with Crippen LogP contribution in [0, 0.1) is 23.2 Å². The minimum absolute atomic E-state index is 0.240. The first-order chi connectivity index (χ1) is 10.8. The van der Waals surface area contributed by atoms with E-state index in [4.69, 9.17) is 5.11 Å². The van der Waals surface area contributed by atoms with E-state index in [0.29, 0.717) is 23.3 Å². The lowest BCUT2D eigenvalue weighted by atomic mass is 9.60. The molecule has 2 N–H and O–H groups in total. The highest BCUT2D eigenvalue weighted by Crippen LogP contribution is 2.58. The van der Waals surface area contributed by atoms with Crippen molar-refractivity contribution in [3.63, 3.8) is 0 Å². The van der Waals surface area contributed by atoms with Crippen molar-refractivity contribution < 1.29 is 15.0 Å². The van der Waals surface area contributed by atoms with E-state index < -0.39 is 5.97 Å². The zero-order valence-electron chi connectivity index (χ0n) is 15.0. The van der Waals surface area contributed by atoms with E-state index in [1.807, 2.05) is 13.0 Å². The number of carboxylic acid groups (broad SMARTS) is 1. The molecule has 0 radical (unpaired) electrons. The molecule has 2 aliphatic carbocycles. The first-order valence-electron chi connectivity index (χ1n) is 9.02. The van der Waals surface area contributed by atoms with Gasteiger partial charge >= 0.3 is 5.97 Å². The largest absolute Gasteiger partial charge is 0.478 e. The zero-order valence-corrected chi connectivity index (χ0v) is 15.0. The van der Waals surface area contributed by atoms with Gasteiger partial charge in [0.05, 0.1) is 6.10 Å². The van der Waals surface area contributed by atoms with Gasteiger partial charge in [-0.15, -0.1) is 0 Å². The van der Waals surface area contributed by atoms with Crippen LogP contribution >= 0.6 is 0 Å². The Labute approximate surface area is 140 Å². The predicted octanol–water partition coefficient (Wildman–Crippen LogP) is 4.57. The summed E-state index contributed by atoms with van der Waals surface area (Å²) in [5.41, 5.74) is 1.81. The molecule has 1 fully saturated rings. The van der Waals surface area contributed by atoms with Crippen molar-refractivity contribution in [1.82, 2.24) is 0 Å². The summed E-state index contributed by atoms with van der Waals surface area (Å²) in [6.45, 7) is 8.36. The van der Waals surface area contributed by atoms with E-state index in [1.165, 1.54) is 12.8 Å². The van der Waals surface area contributed by atoms with Crippen molar-refractivity contribution in [2.75, 3.05) is 0 Å². The molecule has 0 aromatic rings. The molecule has 0 heterocycles. The van der Waals surface area contributed by atoms with Crippen LogP contribution in [0.3, 0.4) is 0 Å². The molecule has 0 aromatic heterocycles. The van der Waals surface area contributed by atoms with E-state index in [9.17, 15) is 9.90 Å². The molecule has 23 heavy (non-hydrogen) atoms. The molecule has 2 aliphatic rings. The van der Waals surface area contributed by atoms with Crippen LogP contribution in [0.25, 0.3) is 0 Å². The van der Waals surface area contributed by atoms with Crippen LogP contribution in [0.5, 0.6) is 0 Å². The predicted molar refractivity (Wildman–Crippen MR) is 93.1 cm³/mol. The fourth-order valence-electron chi connectivity index (χ4n) is 4.87. The maximum atomic E-state index is 10.9. The molecule has 0 bridgehead atoms. The number of carbonyl (C=O) groups is 1. The molecule has 1 spiro atoms. The van der Waals surface area contributed by atoms with Crippen molar-refractivity contribution in [3.8, 4) is 0 Å². The Balaban J connectivity index is 2.06. The average molecular weight is 320 g/mol. The Morgan fingerprint density at radius 1 is 1.48 bits per heavy atom. The lowest BCUT2D eigenvalue weighted by molar-refractivity contribution is -0.132. The minimum Gasteiger partial charge on any atom is -0.478 e. The lowest BCUT2D eigenvalue weighted by Gasteiger charge is -2.45. The van der Waals surface area contributed by atoms with Gasteiger partial charge in [0.1, 0.15) is 0 Å². The average Bonchev–Trinajstić information content (AvgIpc) is 2.80. The number of hydrogen-bond donors (Lipinski definition) is 2. The van der Waals surface area contributed by atoms with E-state index >= 15 is 0 Å². The second kappa shape index (κ2) is 7.21. The van der Waals surface area contributed by atoms with E-state index in [1.54, 1.807) is 6.92 Å². The number of rotatable bonds is 5. The van der Waals surface area contributed by atoms with Gasteiger partial charge in [-0.1, -0.05) is 26.0 Å². The van der Waals surface area contributed by atoms with Crippen LogP contribution < -0.4 is 0 Å². The van der Waals surface area contributed by atoms with Gasteiger partial charge in [0.2, 0.25) is 0 Å². The summed E-state index contributed by atoms with van der Waals surface area (Å²) >= 11 is 0.